The van der Waals surface area contributed by atoms with Gasteiger partial charge >= 0.3 is 6.47 Å². The molecule has 0 fully saturated rings. The molecule has 80 valence electrons. The lowest BCUT2D eigenvalue weighted by molar-refractivity contribution is -0.132. The molecule has 0 amide bonds. The quantitative estimate of drug-likeness (QED) is 0.450. The molecule has 2 N–H and O–H groups in total. The second-order valence-corrected chi connectivity index (χ2v) is 4.13. The lowest BCUT2D eigenvalue weighted by Crippen LogP contribution is -2.39. The van der Waals surface area contributed by atoms with Crippen molar-refractivity contribution in [2.24, 2.45) is 0 Å². The summed E-state index contributed by atoms with van der Waals surface area (Å²) in [5.74, 6) is -0.354. The first-order chi connectivity index (χ1) is 6.45. The Labute approximate surface area is 79.7 Å². The van der Waals surface area contributed by atoms with Gasteiger partial charge in [0.2, 0.25) is 0 Å². The molecule has 0 aliphatic carbocycles. The third-order valence-electron chi connectivity index (χ3n) is 1.58. The first kappa shape index (κ1) is 11.0. The molecule has 1 heterocycles. The Morgan fingerprint density at radius 2 is 2.29 bits per heavy atom. The van der Waals surface area contributed by atoms with Gasteiger partial charge in [0.1, 0.15) is 18.0 Å². The lowest BCUT2D eigenvalue weighted by Gasteiger charge is -2.23. The first-order valence-electron chi connectivity index (χ1n) is 3.54. The zero-order valence-electron chi connectivity index (χ0n) is 6.86. The molecule has 7 nitrogen and oxygen atoms in total. The Bertz CT molecular complexity index is 343. The summed E-state index contributed by atoms with van der Waals surface area (Å²) < 4.78 is 38.9. The third-order valence-corrected chi connectivity index (χ3v) is 2.72. The van der Waals surface area contributed by atoms with Crippen LogP contribution in [-0.2, 0) is 24.4 Å². The van der Waals surface area contributed by atoms with E-state index in [4.69, 9.17) is 9.66 Å². The molecule has 0 aromatic carbocycles. The molecule has 1 aliphatic heterocycles. The standard InChI is InChI=1S/C6H8O7S/c7-3-13-6-1-5(14(9,10)11)4(8)2-12-6/h1,3-5,8H,2H2,(H,9,10,11)/t4?,5-/m1/s1. The smallest absolute Gasteiger partial charge is 0.300 e. The van der Waals surface area contributed by atoms with Gasteiger partial charge in [0.25, 0.3) is 16.1 Å². The largest absolute Gasteiger partial charge is 0.462 e. The van der Waals surface area contributed by atoms with Gasteiger partial charge in [-0.2, -0.15) is 8.42 Å². The fourth-order valence-corrected chi connectivity index (χ4v) is 1.72. The normalized spacial score (nSPS) is 27.4. The Kier molecular flexibility index (Phi) is 3.09. The van der Waals surface area contributed by atoms with Gasteiger partial charge < -0.3 is 14.6 Å². The minimum atomic E-state index is -4.43. The van der Waals surface area contributed by atoms with Gasteiger partial charge in [-0.15, -0.1) is 0 Å². The van der Waals surface area contributed by atoms with Crippen LogP contribution in [0.15, 0.2) is 12.0 Å². The predicted octanol–water partition coefficient (Wildman–Crippen LogP) is -1.35. The molecule has 0 bridgehead atoms. The Balaban J connectivity index is 2.92. The molecule has 0 aromatic heterocycles. The van der Waals surface area contributed by atoms with E-state index in [1.54, 1.807) is 0 Å². The van der Waals surface area contributed by atoms with Crippen molar-refractivity contribution in [1.29, 1.82) is 0 Å². The minimum absolute atomic E-state index is 0.0462. The van der Waals surface area contributed by atoms with Crippen molar-refractivity contribution in [2.45, 2.75) is 11.4 Å². The number of carbonyl (C=O) groups is 1. The van der Waals surface area contributed by atoms with E-state index in [1.165, 1.54) is 0 Å². The highest BCUT2D eigenvalue weighted by Gasteiger charge is 2.34. The van der Waals surface area contributed by atoms with Gasteiger partial charge in [-0.25, -0.2) is 0 Å². The van der Waals surface area contributed by atoms with E-state index in [0.717, 1.165) is 6.08 Å². The fraction of sp³-hybridized carbons (Fsp3) is 0.500. The van der Waals surface area contributed by atoms with E-state index in [0.29, 0.717) is 0 Å². The van der Waals surface area contributed by atoms with Crippen molar-refractivity contribution >= 4 is 16.6 Å². The zero-order valence-corrected chi connectivity index (χ0v) is 7.68. The molecule has 8 heteroatoms. The molecule has 1 rings (SSSR count). The number of hydrogen-bond donors (Lipinski definition) is 2. The lowest BCUT2D eigenvalue weighted by atomic mass is 10.2. The molecular weight excluding hydrogens is 216 g/mol. The highest BCUT2D eigenvalue weighted by atomic mass is 32.2. The van der Waals surface area contributed by atoms with Crippen molar-refractivity contribution in [2.75, 3.05) is 6.61 Å². The first-order valence-corrected chi connectivity index (χ1v) is 5.04. The van der Waals surface area contributed by atoms with Crippen molar-refractivity contribution in [1.82, 2.24) is 0 Å². The van der Waals surface area contributed by atoms with Gasteiger partial charge in [-0.3, -0.25) is 9.35 Å². The van der Waals surface area contributed by atoms with Gasteiger partial charge in [-0.05, 0) is 0 Å². The van der Waals surface area contributed by atoms with Gasteiger partial charge in [-0.1, -0.05) is 0 Å². The highest BCUT2D eigenvalue weighted by molar-refractivity contribution is 7.86. The molecule has 14 heavy (non-hydrogen) atoms. The van der Waals surface area contributed by atoms with Crippen LogP contribution in [0.2, 0.25) is 0 Å². The number of ether oxygens (including phenoxy) is 2. The molecule has 0 saturated carbocycles. The Morgan fingerprint density at radius 3 is 2.79 bits per heavy atom. The number of rotatable bonds is 3. The molecule has 0 aromatic rings. The zero-order chi connectivity index (χ0) is 10.8. The third kappa shape index (κ3) is 2.44. The van der Waals surface area contributed by atoms with Crippen LogP contribution in [0.5, 0.6) is 0 Å². The van der Waals surface area contributed by atoms with E-state index in [2.05, 4.69) is 9.47 Å². The Morgan fingerprint density at radius 1 is 1.64 bits per heavy atom. The maximum atomic E-state index is 10.7. The molecule has 1 aliphatic rings. The summed E-state index contributed by atoms with van der Waals surface area (Å²) in [6, 6.07) is 0. The second kappa shape index (κ2) is 3.95. The summed E-state index contributed by atoms with van der Waals surface area (Å²) in [4.78, 5) is 9.89. The summed E-state index contributed by atoms with van der Waals surface area (Å²) in [6.07, 6.45) is -0.568. The predicted molar refractivity (Wildman–Crippen MR) is 42.5 cm³/mol. The molecule has 0 saturated heterocycles. The van der Waals surface area contributed by atoms with Gasteiger partial charge in [0.15, 0.2) is 0 Å². The number of aliphatic hydroxyl groups excluding tert-OH is 1. The molecule has 0 radical (unpaired) electrons. The monoisotopic (exact) mass is 224 g/mol. The van der Waals surface area contributed by atoms with Crippen molar-refractivity contribution in [3.8, 4) is 0 Å². The molecule has 0 spiro atoms. The maximum absolute atomic E-state index is 10.7. The number of carbonyl (C=O) groups excluding carboxylic acids is 1. The van der Waals surface area contributed by atoms with Crippen LogP contribution in [0.4, 0.5) is 0 Å². The van der Waals surface area contributed by atoms with E-state index < -0.39 is 21.5 Å². The van der Waals surface area contributed by atoms with E-state index in [9.17, 15) is 13.2 Å². The van der Waals surface area contributed by atoms with E-state index in [-0.39, 0.29) is 19.0 Å². The van der Waals surface area contributed by atoms with Gasteiger partial charge in [0.05, 0.1) is 0 Å². The van der Waals surface area contributed by atoms with Crippen LogP contribution >= 0.6 is 0 Å². The SMILES string of the molecule is O=COC1=C[C@@H](S(=O)(=O)O)C(O)CO1. The van der Waals surface area contributed by atoms with Crippen molar-refractivity contribution < 1.29 is 32.3 Å². The van der Waals surface area contributed by atoms with E-state index in [1.807, 2.05) is 0 Å². The van der Waals surface area contributed by atoms with Crippen LogP contribution in [0.1, 0.15) is 0 Å². The summed E-state index contributed by atoms with van der Waals surface area (Å²) >= 11 is 0. The average molecular weight is 224 g/mol. The van der Waals surface area contributed by atoms with Crippen molar-refractivity contribution in [3.05, 3.63) is 12.0 Å². The van der Waals surface area contributed by atoms with Crippen LogP contribution in [0.3, 0.4) is 0 Å². The number of hydrogen-bond acceptors (Lipinski definition) is 6. The Hall–Kier alpha value is -1.12. The summed E-state index contributed by atoms with van der Waals surface area (Å²) in [5, 5.41) is 7.60. The van der Waals surface area contributed by atoms with E-state index >= 15 is 0 Å². The van der Waals surface area contributed by atoms with Crippen LogP contribution in [0.25, 0.3) is 0 Å². The molecule has 2 atom stereocenters. The molecule has 1 unspecified atom stereocenters. The van der Waals surface area contributed by atoms with Crippen LogP contribution in [-0.4, -0.2) is 42.5 Å². The maximum Gasteiger partial charge on any atom is 0.300 e. The molecular formula is C6H8O7S. The van der Waals surface area contributed by atoms with Gasteiger partial charge in [0, 0.05) is 6.08 Å². The average Bonchev–Trinajstić information content (AvgIpc) is 2.07. The van der Waals surface area contributed by atoms with Crippen LogP contribution in [0, 0.1) is 0 Å². The summed E-state index contributed by atoms with van der Waals surface area (Å²) in [6.45, 7) is -0.325. The fourth-order valence-electron chi connectivity index (χ4n) is 0.961. The van der Waals surface area contributed by atoms with Crippen LogP contribution < -0.4 is 0 Å². The minimum Gasteiger partial charge on any atom is -0.462 e. The second-order valence-electron chi connectivity index (χ2n) is 2.56. The summed E-state index contributed by atoms with van der Waals surface area (Å²) in [5.41, 5.74) is 0. The summed E-state index contributed by atoms with van der Waals surface area (Å²) in [7, 11) is -4.43. The topological polar surface area (TPSA) is 110 Å². The highest BCUT2D eigenvalue weighted by Crippen LogP contribution is 2.17. The van der Waals surface area contributed by atoms with Crippen molar-refractivity contribution in [3.63, 3.8) is 0 Å². The number of aliphatic hydroxyl groups is 1.